The van der Waals surface area contributed by atoms with Crippen LogP contribution in [0.25, 0.3) is 0 Å². The van der Waals surface area contributed by atoms with Gasteiger partial charge in [-0.3, -0.25) is 9.58 Å². The molecule has 0 spiro atoms. The summed E-state index contributed by atoms with van der Waals surface area (Å²) >= 11 is 0. The number of carbonyl (C=O) groups excluding carboxylic acids is 1. The predicted octanol–water partition coefficient (Wildman–Crippen LogP) is 2.68. The van der Waals surface area contributed by atoms with Gasteiger partial charge < -0.3 is 9.64 Å². The first-order valence-electron chi connectivity index (χ1n) is 9.58. The van der Waals surface area contributed by atoms with Crippen molar-refractivity contribution >= 4 is 6.09 Å². The number of hydrogen-bond donors (Lipinski definition) is 0. The smallest absolute Gasteiger partial charge is 0.410 e. The van der Waals surface area contributed by atoms with Crippen LogP contribution in [0.1, 0.15) is 24.5 Å². The van der Waals surface area contributed by atoms with E-state index in [1.54, 1.807) is 12.1 Å². The van der Waals surface area contributed by atoms with Crippen molar-refractivity contribution in [3.05, 3.63) is 53.6 Å². The van der Waals surface area contributed by atoms with Crippen molar-refractivity contribution in [3.63, 3.8) is 0 Å². The standard InChI is InChI=1S/C20H25FN4O2/c1-2-24-12-16(10-22-24)11-23-13-18-19(14-23)27-20(26)25(18)9-3-4-15-5-7-17(21)8-6-15/h5-8,10,12,18-19H,2-4,9,11,13-14H2,1H3/t18-,19+/m1/s1. The molecule has 1 aromatic carbocycles. The molecule has 0 bridgehead atoms. The normalized spacial score (nSPS) is 22.3. The maximum absolute atomic E-state index is 13.0. The molecule has 0 unspecified atom stereocenters. The zero-order chi connectivity index (χ0) is 18.8. The molecule has 2 aliphatic rings. The topological polar surface area (TPSA) is 50.6 Å². The Balaban J connectivity index is 1.30. The zero-order valence-electron chi connectivity index (χ0n) is 15.6. The third-order valence-electron chi connectivity index (χ3n) is 5.39. The average Bonchev–Trinajstić information content (AvgIpc) is 3.33. The molecule has 27 heavy (non-hydrogen) atoms. The van der Waals surface area contributed by atoms with Crippen molar-refractivity contribution in [2.45, 2.75) is 45.0 Å². The Bertz CT molecular complexity index is 792. The summed E-state index contributed by atoms with van der Waals surface area (Å²) in [4.78, 5) is 16.4. The van der Waals surface area contributed by atoms with Gasteiger partial charge in [0.05, 0.1) is 12.2 Å². The third-order valence-corrected chi connectivity index (χ3v) is 5.39. The minimum absolute atomic E-state index is 0.0514. The summed E-state index contributed by atoms with van der Waals surface area (Å²) in [6.07, 6.45) is 5.38. The number of halogens is 1. The quantitative estimate of drug-likeness (QED) is 0.750. The number of nitrogens with zero attached hydrogens (tertiary/aromatic N) is 4. The van der Waals surface area contributed by atoms with E-state index in [4.69, 9.17) is 4.74 Å². The van der Waals surface area contributed by atoms with Gasteiger partial charge in [-0.2, -0.15) is 5.10 Å². The van der Waals surface area contributed by atoms with E-state index in [1.165, 1.54) is 17.7 Å². The molecule has 1 amide bonds. The van der Waals surface area contributed by atoms with Crippen LogP contribution in [-0.2, 0) is 24.2 Å². The molecule has 2 atom stereocenters. The van der Waals surface area contributed by atoms with Crippen molar-refractivity contribution in [1.82, 2.24) is 19.6 Å². The molecular weight excluding hydrogens is 347 g/mol. The van der Waals surface area contributed by atoms with Crippen LogP contribution in [0.3, 0.4) is 0 Å². The number of fused-ring (bicyclic) bond motifs is 1. The molecule has 144 valence electrons. The fraction of sp³-hybridized carbons (Fsp3) is 0.500. The lowest BCUT2D eigenvalue weighted by Crippen LogP contribution is -2.38. The molecule has 7 heteroatoms. The highest BCUT2D eigenvalue weighted by Crippen LogP contribution is 2.28. The number of benzene rings is 1. The zero-order valence-corrected chi connectivity index (χ0v) is 15.6. The van der Waals surface area contributed by atoms with Crippen molar-refractivity contribution in [2.24, 2.45) is 0 Å². The largest absolute Gasteiger partial charge is 0.442 e. The highest BCUT2D eigenvalue weighted by molar-refractivity contribution is 5.71. The molecule has 4 rings (SSSR count). The van der Waals surface area contributed by atoms with Crippen LogP contribution in [0.4, 0.5) is 9.18 Å². The Morgan fingerprint density at radius 3 is 2.78 bits per heavy atom. The number of ether oxygens (including phenoxy) is 1. The minimum atomic E-state index is -0.222. The molecule has 0 radical (unpaired) electrons. The van der Waals surface area contributed by atoms with Gasteiger partial charge in [-0.05, 0) is 37.5 Å². The van der Waals surface area contributed by atoms with Gasteiger partial charge in [0.2, 0.25) is 0 Å². The molecule has 0 N–H and O–H groups in total. The van der Waals surface area contributed by atoms with E-state index in [0.717, 1.165) is 44.6 Å². The highest BCUT2D eigenvalue weighted by Gasteiger charge is 2.47. The van der Waals surface area contributed by atoms with Crippen LogP contribution >= 0.6 is 0 Å². The SMILES string of the molecule is CCn1cc(CN2C[C@@H]3OC(=O)N(CCCc4ccc(F)cc4)[C@@H]3C2)cn1. The first-order chi connectivity index (χ1) is 13.1. The second-order valence-electron chi connectivity index (χ2n) is 7.31. The van der Waals surface area contributed by atoms with E-state index < -0.39 is 0 Å². The monoisotopic (exact) mass is 372 g/mol. The Morgan fingerprint density at radius 1 is 1.22 bits per heavy atom. The molecule has 2 saturated heterocycles. The molecule has 2 fully saturated rings. The fourth-order valence-corrected chi connectivity index (χ4v) is 3.99. The summed E-state index contributed by atoms with van der Waals surface area (Å²) in [5.74, 6) is -0.222. The highest BCUT2D eigenvalue weighted by atomic mass is 19.1. The summed E-state index contributed by atoms with van der Waals surface area (Å²) in [6, 6.07) is 6.67. The molecule has 1 aromatic heterocycles. The molecule has 0 aliphatic carbocycles. The van der Waals surface area contributed by atoms with E-state index in [2.05, 4.69) is 23.1 Å². The molecular formula is C20H25FN4O2. The maximum atomic E-state index is 13.0. The Hall–Kier alpha value is -2.41. The van der Waals surface area contributed by atoms with Crippen LogP contribution < -0.4 is 0 Å². The van der Waals surface area contributed by atoms with Gasteiger partial charge >= 0.3 is 6.09 Å². The number of hydrogen-bond acceptors (Lipinski definition) is 4. The summed E-state index contributed by atoms with van der Waals surface area (Å²) < 4.78 is 20.5. The van der Waals surface area contributed by atoms with Crippen LogP contribution in [0.15, 0.2) is 36.7 Å². The summed E-state index contributed by atoms with van der Waals surface area (Å²) in [5, 5.41) is 4.32. The van der Waals surface area contributed by atoms with Gasteiger partial charge in [-0.25, -0.2) is 9.18 Å². The second kappa shape index (κ2) is 7.68. The molecule has 6 nitrogen and oxygen atoms in total. The van der Waals surface area contributed by atoms with Crippen LogP contribution in [0.5, 0.6) is 0 Å². The Morgan fingerprint density at radius 2 is 2.04 bits per heavy atom. The first-order valence-corrected chi connectivity index (χ1v) is 9.58. The van der Waals surface area contributed by atoms with Crippen molar-refractivity contribution in [1.29, 1.82) is 0 Å². The lowest BCUT2D eigenvalue weighted by molar-refractivity contribution is 0.120. The number of rotatable bonds is 7. The summed E-state index contributed by atoms with van der Waals surface area (Å²) in [5.41, 5.74) is 2.27. The van der Waals surface area contributed by atoms with Crippen LogP contribution in [0.2, 0.25) is 0 Å². The lowest BCUT2D eigenvalue weighted by atomic mass is 10.1. The van der Waals surface area contributed by atoms with E-state index in [0.29, 0.717) is 6.54 Å². The van der Waals surface area contributed by atoms with E-state index in [1.807, 2.05) is 15.8 Å². The van der Waals surface area contributed by atoms with Gasteiger partial charge in [0, 0.05) is 44.5 Å². The average molecular weight is 372 g/mol. The van der Waals surface area contributed by atoms with Crippen molar-refractivity contribution in [3.8, 4) is 0 Å². The molecule has 2 aliphatic heterocycles. The fourth-order valence-electron chi connectivity index (χ4n) is 3.99. The van der Waals surface area contributed by atoms with Crippen LogP contribution in [0, 0.1) is 5.82 Å². The lowest BCUT2D eigenvalue weighted by Gasteiger charge is -2.22. The number of amides is 1. The summed E-state index contributed by atoms with van der Waals surface area (Å²) in [6.45, 7) is 6.02. The van der Waals surface area contributed by atoms with E-state index in [-0.39, 0.29) is 24.1 Å². The van der Waals surface area contributed by atoms with E-state index >= 15 is 0 Å². The Labute approximate surface area is 158 Å². The number of likely N-dealkylation sites (tertiary alicyclic amines) is 1. The predicted molar refractivity (Wildman–Crippen MR) is 98.7 cm³/mol. The van der Waals surface area contributed by atoms with Gasteiger partial charge in [0.25, 0.3) is 0 Å². The van der Waals surface area contributed by atoms with Gasteiger partial charge in [0.15, 0.2) is 0 Å². The maximum Gasteiger partial charge on any atom is 0.410 e. The molecule has 0 saturated carbocycles. The molecule has 3 heterocycles. The first kappa shape index (κ1) is 18.0. The second-order valence-corrected chi connectivity index (χ2v) is 7.31. The van der Waals surface area contributed by atoms with E-state index in [9.17, 15) is 9.18 Å². The minimum Gasteiger partial charge on any atom is -0.442 e. The van der Waals surface area contributed by atoms with Crippen LogP contribution in [-0.4, -0.2) is 57.5 Å². The number of aryl methyl sites for hydroxylation is 2. The van der Waals surface area contributed by atoms with Gasteiger partial charge in [-0.15, -0.1) is 0 Å². The Kier molecular flexibility index (Phi) is 5.11. The van der Waals surface area contributed by atoms with Crippen molar-refractivity contribution in [2.75, 3.05) is 19.6 Å². The van der Waals surface area contributed by atoms with Gasteiger partial charge in [-0.1, -0.05) is 12.1 Å². The van der Waals surface area contributed by atoms with Gasteiger partial charge in [0.1, 0.15) is 11.9 Å². The third kappa shape index (κ3) is 3.98. The molecule has 2 aromatic rings. The van der Waals surface area contributed by atoms with Crippen molar-refractivity contribution < 1.29 is 13.9 Å². The number of carbonyl (C=O) groups is 1. The summed E-state index contributed by atoms with van der Waals surface area (Å²) in [7, 11) is 0. The number of aromatic nitrogens is 2.